The number of carbonyl (C=O) groups is 5. The number of carbonyl (C=O) groups excluding carboxylic acids is 5. The van der Waals surface area contributed by atoms with Gasteiger partial charge in [-0.2, -0.15) is 11.8 Å². The highest BCUT2D eigenvalue weighted by Crippen LogP contribution is 2.47. The molecule has 64 heavy (non-hydrogen) atoms. The highest BCUT2D eigenvalue weighted by molar-refractivity contribution is 8.00. The third-order valence-corrected chi connectivity index (χ3v) is 14.0. The molecule has 13 nitrogen and oxygen atoms in total. The second-order valence-corrected chi connectivity index (χ2v) is 18.3. The molecular weight excluding hydrogens is 829 g/mol. The van der Waals surface area contributed by atoms with Crippen molar-refractivity contribution in [3.8, 4) is 5.75 Å². The van der Waals surface area contributed by atoms with Crippen LogP contribution in [0.25, 0.3) is 0 Å². The Kier molecular flexibility index (Phi) is 16.0. The topological polar surface area (TPSA) is 178 Å². The van der Waals surface area contributed by atoms with Gasteiger partial charge in [-0.15, -0.1) is 0 Å². The zero-order chi connectivity index (χ0) is 45.0. The van der Waals surface area contributed by atoms with Crippen molar-refractivity contribution in [1.29, 1.82) is 0 Å². The maximum atomic E-state index is 13.7. The molecule has 3 aliphatic heterocycles. The zero-order valence-corrected chi connectivity index (χ0v) is 37.4. The number of nitrogens with one attached hydrogen (secondary N) is 5. The number of aryl methyl sites for hydroxylation is 1. The number of rotatable bonds is 22. The number of nitrogens with zero attached hydrogens (tertiary/aromatic N) is 1. The second kappa shape index (κ2) is 22.2. The number of thioether (sulfide) groups is 1. The standard InChI is InChI=1S/C50H60N6O7S/c1-32-15-17-33(18-16-32)30-40(53-45(59)13-7-6-12-43-46-41(31-64-43)54-50(62)55-46)48(60)51-29-9-8-14-44(58)52-36-21-23-37(24-22-36)56-47(35-19-25-38(63-2)26-20-35)39(49(56)61)27-28-42(57)34-10-4-3-5-11-34/h3-5,10-11,15-26,39-43,46-47,57H,6-9,12-14,27-31H2,1-2H3,(H,51,60)(H,52,58)(H,53,59)(H2,54,55,62)/t39?,40?,41?,42-,43?,46?,47?/m0/s1. The molecule has 6 unspecified atom stereocenters. The van der Waals surface area contributed by atoms with Gasteiger partial charge in [-0.25, -0.2) is 4.79 Å². The van der Waals surface area contributed by atoms with Crippen molar-refractivity contribution < 1.29 is 33.8 Å². The van der Waals surface area contributed by atoms with E-state index in [4.69, 9.17) is 4.74 Å². The molecule has 7 rings (SSSR count). The van der Waals surface area contributed by atoms with E-state index in [0.29, 0.717) is 68.1 Å². The lowest BCUT2D eigenvalue weighted by Gasteiger charge is -2.48. The Morgan fingerprint density at radius 3 is 2.30 bits per heavy atom. The predicted molar refractivity (Wildman–Crippen MR) is 250 cm³/mol. The number of aliphatic hydroxyl groups is 1. The molecule has 338 valence electrons. The van der Waals surface area contributed by atoms with Crippen LogP contribution in [-0.2, 0) is 25.6 Å². The smallest absolute Gasteiger partial charge is 0.315 e. The number of methoxy groups -OCH3 is 1. The molecule has 7 atom stereocenters. The highest BCUT2D eigenvalue weighted by atomic mass is 32.2. The van der Waals surface area contributed by atoms with E-state index in [1.54, 1.807) is 24.1 Å². The average Bonchev–Trinajstić information content (AvgIpc) is 3.86. The van der Waals surface area contributed by atoms with Crippen molar-refractivity contribution in [3.63, 3.8) is 0 Å². The fraction of sp³-hybridized carbons (Fsp3) is 0.420. The van der Waals surface area contributed by atoms with Crippen molar-refractivity contribution >= 4 is 52.8 Å². The molecule has 3 fully saturated rings. The van der Waals surface area contributed by atoms with Gasteiger partial charge in [0.2, 0.25) is 23.6 Å². The summed E-state index contributed by atoms with van der Waals surface area (Å²) < 4.78 is 5.37. The highest BCUT2D eigenvalue weighted by Gasteiger charge is 2.48. The van der Waals surface area contributed by atoms with Crippen LogP contribution >= 0.6 is 11.8 Å². The Hall–Kier alpha value is -5.86. The van der Waals surface area contributed by atoms with Crippen LogP contribution in [0.15, 0.2) is 103 Å². The van der Waals surface area contributed by atoms with Gasteiger partial charge in [0.25, 0.3) is 0 Å². The average molecular weight is 889 g/mol. The molecule has 0 aliphatic carbocycles. The van der Waals surface area contributed by atoms with Gasteiger partial charge in [-0.05, 0) is 98.5 Å². The van der Waals surface area contributed by atoms with E-state index >= 15 is 0 Å². The van der Waals surface area contributed by atoms with E-state index in [2.05, 4.69) is 26.6 Å². The van der Waals surface area contributed by atoms with E-state index in [9.17, 15) is 29.1 Å². The lowest BCUT2D eigenvalue weighted by molar-refractivity contribution is -0.131. The minimum absolute atomic E-state index is 0.0166. The Morgan fingerprint density at radius 2 is 1.56 bits per heavy atom. The number of hydrogen-bond donors (Lipinski definition) is 6. The fourth-order valence-corrected chi connectivity index (χ4v) is 10.4. The number of aliphatic hydroxyl groups excluding tert-OH is 1. The maximum absolute atomic E-state index is 13.7. The summed E-state index contributed by atoms with van der Waals surface area (Å²) in [4.78, 5) is 66.6. The zero-order valence-electron chi connectivity index (χ0n) is 36.6. The minimum atomic E-state index is -0.733. The van der Waals surface area contributed by atoms with Crippen LogP contribution in [0.1, 0.15) is 92.2 Å². The molecule has 6 N–H and O–H groups in total. The van der Waals surface area contributed by atoms with Gasteiger partial charge in [0.1, 0.15) is 11.8 Å². The van der Waals surface area contributed by atoms with E-state index in [-0.39, 0.29) is 60.1 Å². The first-order valence-electron chi connectivity index (χ1n) is 22.5. The van der Waals surface area contributed by atoms with Crippen molar-refractivity contribution in [2.75, 3.05) is 29.6 Å². The molecule has 0 radical (unpaired) electrons. The number of β-lactam (4-membered cyclic amide) rings is 1. The van der Waals surface area contributed by atoms with Gasteiger partial charge in [0.15, 0.2) is 0 Å². The van der Waals surface area contributed by atoms with E-state index in [1.165, 1.54) is 0 Å². The van der Waals surface area contributed by atoms with Crippen LogP contribution in [0.4, 0.5) is 16.2 Å². The molecule has 4 aromatic rings. The maximum Gasteiger partial charge on any atom is 0.315 e. The Morgan fingerprint density at radius 1 is 0.844 bits per heavy atom. The minimum Gasteiger partial charge on any atom is -0.497 e. The lowest BCUT2D eigenvalue weighted by Crippen LogP contribution is -2.55. The third kappa shape index (κ3) is 12.0. The first kappa shape index (κ1) is 46.1. The summed E-state index contributed by atoms with van der Waals surface area (Å²) in [6.07, 6.45) is 4.83. The molecule has 3 aliphatic rings. The normalized spacial score (nSPS) is 20.9. The summed E-state index contributed by atoms with van der Waals surface area (Å²) >= 11 is 1.86. The van der Waals surface area contributed by atoms with E-state index in [0.717, 1.165) is 46.6 Å². The molecule has 3 saturated heterocycles. The number of anilines is 2. The molecule has 0 saturated carbocycles. The van der Waals surface area contributed by atoms with Gasteiger partial charge < -0.3 is 41.3 Å². The van der Waals surface area contributed by atoms with Gasteiger partial charge in [0, 0.05) is 48.2 Å². The molecule has 6 amide bonds. The van der Waals surface area contributed by atoms with E-state index < -0.39 is 12.1 Å². The number of hydrogen-bond acceptors (Lipinski definition) is 8. The summed E-state index contributed by atoms with van der Waals surface area (Å²) in [6, 6.07) is 31.6. The Labute approximate surface area is 379 Å². The first-order chi connectivity index (χ1) is 31.1. The second-order valence-electron chi connectivity index (χ2n) is 17.1. The van der Waals surface area contributed by atoms with Crippen LogP contribution in [-0.4, -0.2) is 77.5 Å². The van der Waals surface area contributed by atoms with Crippen molar-refractivity contribution in [1.82, 2.24) is 21.3 Å². The molecule has 3 heterocycles. The summed E-state index contributed by atoms with van der Waals surface area (Å²) in [5, 5.41) is 26.0. The molecule has 0 aromatic heterocycles. The fourth-order valence-electron chi connectivity index (χ4n) is 8.86. The summed E-state index contributed by atoms with van der Waals surface area (Å²) in [5.74, 6) is 0.712. The summed E-state index contributed by atoms with van der Waals surface area (Å²) in [6.45, 7) is 2.36. The lowest BCUT2D eigenvalue weighted by atomic mass is 9.78. The number of amides is 6. The first-order valence-corrected chi connectivity index (χ1v) is 23.5. The van der Waals surface area contributed by atoms with Gasteiger partial charge in [-0.1, -0.05) is 78.7 Å². The molecule has 4 aromatic carbocycles. The van der Waals surface area contributed by atoms with Gasteiger partial charge >= 0.3 is 6.03 Å². The predicted octanol–water partition coefficient (Wildman–Crippen LogP) is 6.90. The molecule has 14 heteroatoms. The van der Waals surface area contributed by atoms with Crippen molar-refractivity contribution in [2.45, 2.75) is 107 Å². The Bertz CT molecular complexity index is 2210. The number of ether oxygens (including phenoxy) is 1. The number of fused-ring (bicyclic) bond motifs is 1. The van der Waals surface area contributed by atoms with Crippen LogP contribution in [0.5, 0.6) is 5.75 Å². The summed E-state index contributed by atoms with van der Waals surface area (Å²) in [7, 11) is 1.61. The van der Waals surface area contributed by atoms with Crippen LogP contribution in [0.2, 0.25) is 0 Å². The van der Waals surface area contributed by atoms with Crippen LogP contribution in [0.3, 0.4) is 0 Å². The molecular formula is C50H60N6O7S. The number of unbranched alkanes of at least 4 members (excludes halogenated alkanes) is 2. The van der Waals surface area contributed by atoms with Crippen molar-refractivity contribution in [3.05, 3.63) is 125 Å². The summed E-state index contributed by atoms with van der Waals surface area (Å²) in [5.41, 5.74) is 5.18. The quantitative estimate of drug-likeness (QED) is 0.0281. The van der Waals surface area contributed by atoms with Gasteiger partial charge in [0.05, 0.1) is 37.3 Å². The molecule has 0 spiro atoms. The van der Waals surface area contributed by atoms with Crippen molar-refractivity contribution in [2.24, 2.45) is 5.92 Å². The monoisotopic (exact) mass is 888 g/mol. The number of urea groups is 1. The van der Waals surface area contributed by atoms with Crippen LogP contribution < -0.4 is 36.2 Å². The largest absolute Gasteiger partial charge is 0.497 e. The van der Waals surface area contributed by atoms with Crippen LogP contribution in [0, 0.1) is 12.8 Å². The van der Waals surface area contributed by atoms with Gasteiger partial charge in [-0.3, -0.25) is 19.2 Å². The Balaban J connectivity index is 0.852. The van der Waals surface area contributed by atoms with E-state index in [1.807, 2.05) is 110 Å². The molecule has 0 bridgehead atoms. The SMILES string of the molecule is COc1ccc(C2C(CC[C@H](O)c3ccccc3)C(=O)N2c2ccc(NC(=O)CCCCNC(=O)C(Cc3ccc(C)cc3)NC(=O)CCCCC3SCC4NC(=O)NC43)cc2)cc1. The third-order valence-electron chi connectivity index (χ3n) is 12.5. The number of benzene rings is 4.